The van der Waals surface area contributed by atoms with Crippen LogP contribution < -0.4 is 5.69 Å². The fraction of sp³-hybridized carbons (Fsp3) is 0.357. The molecule has 8 heteroatoms. The predicted octanol–water partition coefficient (Wildman–Crippen LogP) is 5.56. The molecule has 5 rings (SSSR count). The van der Waals surface area contributed by atoms with E-state index in [2.05, 4.69) is 51.7 Å². The van der Waals surface area contributed by atoms with Gasteiger partial charge in [0.15, 0.2) is 0 Å². The third-order valence-corrected chi connectivity index (χ3v) is 8.00. The SMILES string of the molecule is O=C(O)N1CCC(n2c(=O)[nH]c3ccccc32)C[C@@H]1CCCN(Cc1ccccc1)Cc1cccs1. The maximum atomic E-state index is 12.8. The molecule has 1 unspecified atom stereocenters. The summed E-state index contributed by atoms with van der Waals surface area (Å²) in [5, 5.41) is 12.0. The van der Waals surface area contributed by atoms with Crippen LogP contribution >= 0.6 is 11.3 Å². The lowest BCUT2D eigenvalue weighted by molar-refractivity contribution is 0.0853. The minimum Gasteiger partial charge on any atom is -0.465 e. The van der Waals surface area contributed by atoms with Crippen molar-refractivity contribution in [2.45, 2.75) is 50.9 Å². The number of carboxylic acid groups (broad SMARTS) is 1. The summed E-state index contributed by atoms with van der Waals surface area (Å²) in [6, 6.07) is 22.3. The van der Waals surface area contributed by atoms with E-state index in [1.54, 1.807) is 16.2 Å². The van der Waals surface area contributed by atoms with E-state index >= 15 is 0 Å². The van der Waals surface area contributed by atoms with Gasteiger partial charge in [-0.25, -0.2) is 9.59 Å². The molecule has 1 fully saturated rings. The molecule has 1 aliphatic rings. The third kappa shape index (κ3) is 5.55. The van der Waals surface area contributed by atoms with Crippen molar-refractivity contribution in [2.24, 2.45) is 0 Å². The van der Waals surface area contributed by atoms with Crippen molar-refractivity contribution < 1.29 is 9.90 Å². The number of benzene rings is 2. The normalized spacial score (nSPS) is 18.2. The van der Waals surface area contributed by atoms with E-state index < -0.39 is 6.09 Å². The number of nitrogens with zero attached hydrogens (tertiary/aromatic N) is 3. The van der Waals surface area contributed by atoms with E-state index in [0.717, 1.165) is 43.5 Å². The van der Waals surface area contributed by atoms with Crippen molar-refractivity contribution in [1.29, 1.82) is 0 Å². The fourth-order valence-corrected chi connectivity index (χ4v) is 6.20. The molecule has 2 N–H and O–H groups in total. The molecule has 2 aromatic carbocycles. The average molecular weight is 505 g/mol. The van der Waals surface area contributed by atoms with Gasteiger partial charge in [0.1, 0.15) is 0 Å². The number of hydrogen-bond acceptors (Lipinski definition) is 4. The number of carbonyl (C=O) groups is 1. The van der Waals surface area contributed by atoms with Crippen molar-refractivity contribution in [3.63, 3.8) is 0 Å². The number of thiophene rings is 1. The van der Waals surface area contributed by atoms with Crippen molar-refractivity contribution in [1.82, 2.24) is 19.4 Å². The van der Waals surface area contributed by atoms with Gasteiger partial charge in [-0.15, -0.1) is 11.3 Å². The van der Waals surface area contributed by atoms with E-state index in [9.17, 15) is 14.7 Å². The first-order chi connectivity index (χ1) is 17.6. The number of hydrogen-bond donors (Lipinski definition) is 2. The van der Waals surface area contributed by atoms with Gasteiger partial charge in [0.05, 0.1) is 11.0 Å². The molecule has 2 aromatic heterocycles. The molecule has 0 bridgehead atoms. The first-order valence-electron chi connectivity index (χ1n) is 12.6. The smallest absolute Gasteiger partial charge is 0.407 e. The van der Waals surface area contributed by atoms with Crippen LogP contribution in [0.2, 0.25) is 0 Å². The Hall–Kier alpha value is -3.36. The van der Waals surface area contributed by atoms with Crippen molar-refractivity contribution in [3.8, 4) is 0 Å². The standard InChI is InChI=1S/C28H32N4O3S/c33-27-29-25-12-4-5-13-26(25)32(27)23-14-16-31(28(34)35)22(18-23)10-6-15-30(20-24-11-7-17-36-24)19-21-8-2-1-3-9-21/h1-5,7-9,11-13,17,22-23H,6,10,14-16,18-20H2,(H,29,33)(H,34,35)/t22-,23?/m0/s1. The number of aromatic amines is 1. The molecule has 1 saturated heterocycles. The summed E-state index contributed by atoms with van der Waals surface area (Å²) in [4.78, 5) is 33.1. The number of likely N-dealkylation sites (tertiary alicyclic amines) is 1. The highest BCUT2D eigenvalue weighted by atomic mass is 32.1. The molecule has 4 aromatic rings. The third-order valence-electron chi connectivity index (χ3n) is 7.14. The molecular formula is C28H32N4O3S. The van der Waals surface area contributed by atoms with Crippen molar-refractivity contribution >= 4 is 28.5 Å². The number of amides is 1. The van der Waals surface area contributed by atoms with Gasteiger partial charge < -0.3 is 15.0 Å². The Kier molecular flexibility index (Phi) is 7.53. The van der Waals surface area contributed by atoms with Crippen LogP contribution in [0.4, 0.5) is 4.79 Å². The zero-order valence-corrected chi connectivity index (χ0v) is 21.1. The Bertz CT molecular complexity index is 1330. The Labute approximate surface area is 214 Å². The summed E-state index contributed by atoms with van der Waals surface area (Å²) in [5.74, 6) is 0. The molecule has 1 amide bonds. The van der Waals surface area contributed by atoms with Crippen molar-refractivity contribution in [3.05, 3.63) is 93.0 Å². The Morgan fingerprint density at radius 1 is 1.06 bits per heavy atom. The summed E-state index contributed by atoms with van der Waals surface area (Å²) in [5.41, 5.74) is 2.87. The quantitative estimate of drug-likeness (QED) is 0.313. The van der Waals surface area contributed by atoms with Gasteiger partial charge >= 0.3 is 11.8 Å². The average Bonchev–Trinajstić information content (AvgIpc) is 3.51. The second-order valence-corrected chi connectivity index (χ2v) is 10.6. The zero-order chi connectivity index (χ0) is 24.9. The van der Waals surface area contributed by atoms with Gasteiger partial charge in [-0.3, -0.25) is 9.47 Å². The number of imidazole rings is 1. The van der Waals surface area contributed by atoms with Gasteiger partial charge in [0, 0.05) is 36.6 Å². The number of aromatic nitrogens is 2. The molecule has 3 heterocycles. The number of H-pyrrole nitrogens is 1. The highest BCUT2D eigenvalue weighted by Gasteiger charge is 2.33. The molecule has 0 radical (unpaired) electrons. The summed E-state index contributed by atoms with van der Waals surface area (Å²) in [7, 11) is 0. The first kappa shape index (κ1) is 24.3. The maximum absolute atomic E-state index is 12.8. The van der Waals surface area contributed by atoms with Gasteiger partial charge in [0.25, 0.3) is 0 Å². The number of piperidine rings is 1. The van der Waals surface area contributed by atoms with Crippen molar-refractivity contribution in [2.75, 3.05) is 13.1 Å². The number of fused-ring (bicyclic) bond motifs is 1. The van der Waals surface area contributed by atoms with E-state index in [1.807, 2.05) is 34.9 Å². The molecule has 36 heavy (non-hydrogen) atoms. The molecule has 7 nitrogen and oxygen atoms in total. The van der Waals surface area contributed by atoms with Crippen LogP contribution in [0.25, 0.3) is 11.0 Å². The maximum Gasteiger partial charge on any atom is 0.407 e. The lowest BCUT2D eigenvalue weighted by Crippen LogP contribution is -2.47. The van der Waals surface area contributed by atoms with Gasteiger partial charge in [-0.1, -0.05) is 48.5 Å². The molecular weight excluding hydrogens is 472 g/mol. The summed E-state index contributed by atoms with van der Waals surface area (Å²) < 4.78 is 1.83. The number of rotatable bonds is 9. The summed E-state index contributed by atoms with van der Waals surface area (Å²) in [6.45, 7) is 3.07. The van der Waals surface area contributed by atoms with E-state index in [1.165, 1.54) is 10.4 Å². The van der Waals surface area contributed by atoms with Gasteiger partial charge in [0.2, 0.25) is 0 Å². The van der Waals surface area contributed by atoms with Crippen LogP contribution in [0.15, 0.2) is 76.9 Å². The molecule has 1 aliphatic heterocycles. The first-order valence-corrected chi connectivity index (χ1v) is 13.4. The minimum absolute atomic E-state index is 0.0132. The van der Waals surface area contributed by atoms with Gasteiger partial charge in [-0.05, 0) is 61.4 Å². The van der Waals surface area contributed by atoms with Crippen LogP contribution in [-0.2, 0) is 13.1 Å². The molecule has 0 aliphatic carbocycles. The highest BCUT2D eigenvalue weighted by Crippen LogP contribution is 2.31. The monoisotopic (exact) mass is 504 g/mol. The van der Waals surface area contributed by atoms with Crippen LogP contribution in [-0.4, -0.2) is 49.7 Å². The van der Waals surface area contributed by atoms with Crippen LogP contribution in [0.3, 0.4) is 0 Å². The second-order valence-electron chi connectivity index (χ2n) is 9.54. The second kappa shape index (κ2) is 11.1. The van der Waals surface area contributed by atoms with Crippen LogP contribution in [0.5, 0.6) is 0 Å². The Balaban J connectivity index is 1.28. The molecule has 2 atom stereocenters. The largest absolute Gasteiger partial charge is 0.465 e. The van der Waals surface area contributed by atoms with E-state index in [-0.39, 0.29) is 17.8 Å². The summed E-state index contributed by atoms with van der Waals surface area (Å²) >= 11 is 1.77. The summed E-state index contributed by atoms with van der Waals surface area (Å²) in [6.07, 6.45) is 2.09. The minimum atomic E-state index is -0.871. The van der Waals surface area contributed by atoms with E-state index in [4.69, 9.17) is 0 Å². The van der Waals surface area contributed by atoms with Crippen LogP contribution in [0.1, 0.15) is 42.2 Å². The van der Waals surface area contributed by atoms with Crippen LogP contribution in [0, 0.1) is 0 Å². The number of nitrogens with one attached hydrogen (secondary N) is 1. The lowest BCUT2D eigenvalue weighted by atomic mass is 9.93. The topological polar surface area (TPSA) is 81.6 Å². The predicted molar refractivity (Wildman–Crippen MR) is 143 cm³/mol. The highest BCUT2D eigenvalue weighted by molar-refractivity contribution is 7.09. The molecule has 0 saturated carbocycles. The zero-order valence-electron chi connectivity index (χ0n) is 20.3. The Morgan fingerprint density at radius 2 is 1.86 bits per heavy atom. The molecule has 0 spiro atoms. The Morgan fingerprint density at radius 3 is 2.64 bits per heavy atom. The lowest BCUT2D eigenvalue weighted by Gasteiger charge is -2.38. The van der Waals surface area contributed by atoms with Gasteiger partial charge in [-0.2, -0.15) is 0 Å². The number of para-hydroxylation sites is 2. The fourth-order valence-electron chi connectivity index (χ4n) is 5.46. The van der Waals surface area contributed by atoms with E-state index in [0.29, 0.717) is 19.4 Å². The molecule has 188 valence electrons.